The molecule has 2 rings (SSSR count). The molecule has 0 saturated heterocycles. The summed E-state index contributed by atoms with van der Waals surface area (Å²) >= 11 is 0. The summed E-state index contributed by atoms with van der Waals surface area (Å²) < 4.78 is 31.5. The number of amides is 2. The van der Waals surface area contributed by atoms with Gasteiger partial charge in [-0.3, -0.25) is 13.9 Å². The summed E-state index contributed by atoms with van der Waals surface area (Å²) in [5.74, 6) is 0.189. The van der Waals surface area contributed by atoms with Gasteiger partial charge in [0, 0.05) is 13.6 Å². The number of methoxy groups -OCH3 is 1. The van der Waals surface area contributed by atoms with Crippen molar-refractivity contribution < 1.29 is 22.7 Å². The molecule has 0 bridgehead atoms. The van der Waals surface area contributed by atoms with Crippen molar-refractivity contribution in [1.29, 1.82) is 0 Å². The van der Waals surface area contributed by atoms with Crippen LogP contribution in [0.1, 0.15) is 44.2 Å². The summed E-state index contributed by atoms with van der Waals surface area (Å²) in [6, 6.07) is 13.6. The summed E-state index contributed by atoms with van der Waals surface area (Å²) in [4.78, 5) is 27.5. The minimum Gasteiger partial charge on any atom is -0.497 e. The van der Waals surface area contributed by atoms with Gasteiger partial charge in [-0.25, -0.2) is 8.42 Å². The molecule has 0 aromatic heterocycles. The molecule has 0 fully saturated rings. The predicted octanol–water partition coefficient (Wildman–Crippen LogP) is 3.14. The minimum atomic E-state index is -3.75. The highest BCUT2D eigenvalue weighted by atomic mass is 32.2. The van der Waals surface area contributed by atoms with Crippen LogP contribution in [0.3, 0.4) is 0 Å². The fourth-order valence-electron chi connectivity index (χ4n) is 3.65. The predicted molar refractivity (Wildman–Crippen MR) is 134 cm³/mol. The van der Waals surface area contributed by atoms with Crippen LogP contribution >= 0.6 is 0 Å². The fourth-order valence-corrected chi connectivity index (χ4v) is 4.50. The molecule has 34 heavy (non-hydrogen) atoms. The lowest BCUT2D eigenvalue weighted by molar-refractivity contribution is -0.140. The fraction of sp³-hybridized carbons (Fsp3) is 0.440. The average Bonchev–Trinajstić information content (AvgIpc) is 2.81. The lowest BCUT2D eigenvalue weighted by Gasteiger charge is -2.32. The van der Waals surface area contributed by atoms with Crippen LogP contribution in [0.4, 0.5) is 5.69 Å². The zero-order valence-electron chi connectivity index (χ0n) is 20.7. The Morgan fingerprint density at radius 3 is 2.06 bits per heavy atom. The van der Waals surface area contributed by atoms with Crippen molar-refractivity contribution in [3.63, 3.8) is 0 Å². The topological polar surface area (TPSA) is 96.0 Å². The van der Waals surface area contributed by atoms with Crippen LogP contribution in [0.5, 0.6) is 5.75 Å². The molecule has 0 radical (unpaired) electrons. The first-order valence-corrected chi connectivity index (χ1v) is 13.1. The molecule has 0 aliphatic heterocycles. The average molecular weight is 490 g/mol. The van der Waals surface area contributed by atoms with Crippen molar-refractivity contribution in [2.45, 2.75) is 45.7 Å². The highest BCUT2D eigenvalue weighted by molar-refractivity contribution is 7.92. The van der Waals surface area contributed by atoms with Gasteiger partial charge in [-0.1, -0.05) is 45.0 Å². The number of hydrogen-bond donors (Lipinski definition) is 1. The minimum absolute atomic E-state index is 0.151. The number of rotatable bonds is 11. The summed E-state index contributed by atoms with van der Waals surface area (Å²) in [5.41, 5.74) is 2.26. The molecule has 1 unspecified atom stereocenters. The van der Waals surface area contributed by atoms with E-state index in [0.29, 0.717) is 23.8 Å². The molecule has 2 aromatic carbocycles. The maximum atomic E-state index is 13.5. The van der Waals surface area contributed by atoms with Crippen molar-refractivity contribution in [2.75, 3.05) is 31.3 Å². The number of hydrogen-bond acceptors (Lipinski definition) is 5. The maximum absolute atomic E-state index is 13.5. The third-order valence-corrected chi connectivity index (χ3v) is 6.81. The van der Waals surface area contributed by atoms with Crippen molar-refractivity contribution >= 4 is 27.5 Å². The summed E-state index contributed by atoms with van der Waals surface area (Å²) in [7, 11) is -0.671. The Morgan fingerprint density at radius 2 is 1.62 bits per heavy atom. The molecule has 0 aliphatic carbocycles. The van der Waals surface area contributed by atoms with Crippen molar-refractivity contribution in [3.8, 4) is 5.75 Å². The molecule has 2 amide bonds. The smallest absolute Gasteiger partial charge is 0.244 e. The van der Waals surface area contributed by atoms with E-state index in [1.807, 2.05) is 45.0 Å². The number of carbonyl (C=O) groups is 2. The second-order valence-electron chi connectivity index (χ2n) is 8.42. The van der Waals surface area contributed by atoms with E-state index in [0.717, 1.165) is 21.7 Å². The summed E-state index contributed by atoms with van der Waals surface area (Å²) in [5, 5.41) is 2.60. The van der Waals surface area contributed by atoms with Crippen LogP contribution in [0.25, 0.3) is 0 Å². The molecule has 2 aromatic rings. The number of anilines is 1. The largest absolute Gasteiger partial charge is 0.497 e. The summed E-state index contributed by atoms with van der Waals surface area (Å²) in [6.45, 7) is 5.65. The first kappa shape index (κ1) is 27.2. The van der Waals surface area contributed by atoms with Crippen molar-refractivity contribution in [1.82, 2.24) is 10.2 Å². The van der Waals surface area contributed by atoms with E-state index in [2.05, 4.69) is 5.32 Å². The number of nitrogens with one attached hydrogen (secondary N) is 1. The number of benzene rings is 2. The highest BCUT2D eigenvalue weighted by Gasteiger charge is 2.31. The molecule has 8 nitrogen and oxygen atoms in total. The molecular weight excluding hydrogens is 454 g/mol. The molecule has 0 heterocycles. The molecule has 1 atom stereocenters. The van der Waals surface area contributed by atoms with Gasteiger partial charge in [0.15, 0.2) is 0 Å². The van der Waals surface area contributed by atoms with Gasteiger partial charge in [-0.2, -0.15) is 0 Å². The highest BCUT2D eigenvalue weighted by Crippen LogP contribution is 2.23. The van der Waals surface area contributed by atoms with Gasteiger partial charge in [-0.05, 0) is 47.7 Å². The number of carbonyl (C=O) groups excluding carboxylic acids is 2. The standard InChI is InChI=1S/C25H35N3O5S/c1-7-23(25(30)26-4)27(16-19-8-14-22(33-5)15-9-19)24(29)17-28(34(6,31)32)21-12-10-20(11-13-21)18(2)3/h8-15,18,23H,7,16-17H2,1-6H3,(H,26,30). The third kappa shape index (κ3) is 6.96. The molecule has 0 aliphatic rings. The monoisotopic (exact) mass is 489 g/mol. The van der Waals surface area contributed by atoms with Gasteiger partial charge >= 0.3 is 0 Å². The van der Waals surface area contributed by atoms with Gasteiger partial charge in [0.05, 0.1) is 19.1 Å². The maximum Gasteiger partial charge on any atom is 0.244 e. The summed E-state index contributed by atoms with van der Waals surface area (Å²) in [6.07, 6.45) is 1.45. The number of ether oxygens (including phenoxy) is 1. The number of likely N-dealkylation sites (N-methyl/N-ethyl adjacent to an activating group) is 1. The van der Waals surface area contributed by atoms with E-state index in [4.69, 9.17) is 4.74 Å². The van der Waals surface area contributed by atoms with Gasteiger partial charge in [0.2, 0.25) is 21.8 Å². The quantitative estimate of drug-likeness (QED) is 0.523. The Labute approximate surface area is 202 Å². The van der Waals surface area contributed by atoms with Crippen LogP contribution < -0.4 is 14.4 Å². The molecular formula is C25H35N3O5S. The van der Waals surface area contributed by atoms with Gasteiger partial charge in [0.1, 0.15) is 18.3 Å². The van der Waals surface area contributed by atoms with Gasteiger partial charge < -0.3 is 15.0 Å². The molecule has 1 N–H and O–H groups in total. The Morgan fingerprint density at radius 1 is 1.03 bits per heavy atom. The van der Waals surface area contributed by atoms with Crippen LogP contribution in [0.2, 0.25) is 0 Å². The first-order valence-electron chi connectivity index (χ1n) is 11.2. The molecule has 0 spiro atoms. The second kappa shape index (κ2) is 11.9. The second-order valence-corrected chi connectivity index (χ2v) is 10.3. The molecule has 186 valence electrons. The van der Waals surface area contributed by atoms with Crippen LogP contribution in [-0.4, -0.2) is 58.1 Å². The Balaban J connectivity index is 2.40. The van der Waals surface area contributed by atoms with Crippen LogP contribution in [-0.2, 0) is 26.2 Å². The van der Waals surface area contributed by atoms with Crippen LogP contribution in [0.15, 0.2) is 48.5 Å². The Bertz CT molecular complexity index is 1070. The van der Waals surface area contributed by atoms with Crippen molar-refractivity contribution in [2.24, 2.45) is 0 Å². The van der Waals surface area contributed by atoms with E-state index in [9.17, 15) is 18.0 Å². The van der Waals surface area contributed by atoms with E-state index in [1.165, 1.54) is 11.9 Å². The van der Waals surface area contributed by atoms with E-state index in [-0.39, 0.29) is 12.5 Å². The number of sulfonamides is 1. The number of nitrogens with zero attached hydrogens (tertiary/aromatic N) is 2. The van der Waals surface area contributed by atoms with E-state index < -0.39 is 28.5 Å². The van der Waals surface area contributed by atoms with Gasteiger partial charge in [-0.15, -0.1) is 0 Å². The van der Waals surface area contributed by atoms with Gasteiger partial charge in [0.25, 0.3) is 0 Å². The Kier molecular flexibility index (Phi) is 9.49. The lowest BCUT2D eigenvalue weighted by Crippen LogP contribution is -2.51. The van der Waals surface area contributed by atoms with E-state index in [1.54, 1.807) is 31.4 Å². The molecule has 9 heteroatoms. The first-order chi connectivity index (χ1) is 16.0. The SMILES string of the molecule is CCC(C(=O)NC)N(Cc1ccc(OC)cc1)C(=O)CN(c1ccc(C(C)C)cc1)S(C)(=O)=O. The van der Waals surface area contributed by atoms with Crippen molar-refractivity contribution in [3.05, 3.63) is 59.7 Å². The Hall–Kier alpha value is -3.07. The zero-order chi connectivity index (χ0) is 25.5. The third-order valence-electron chi connectivity index (χ3n) is 5.67. The zero-order valence-corrected chi connectivity index (χ0v) is 21.6. The lowest BCUT2D eigenvalue weighted by atomic mass is 10.0. The van der Waals surface area contributed by atoms with Crippen LogP contribution in [0, 0.1) is 0 Å². The normalized spacial score (nSPS) is 12.2. The van der Waals surface area contributed by atoms with E-state index >= 15 is 0 Å². The molecule has 0 saturated carbocycles.